The average Bonchev–Trinajstić information content (AvgIpc) is 3.45. The number of benzene rings is 4. The number of hydrogen-bond donors (Lipinski definition) is 2. The zero-order valence-electron chi connectivity index (χ0n) is 27.5. The highest BCUT2D eigenvalue weighted by Crippen LogP contribution is 2.40. The lowest BCUT2D eigenvalue weighted by atomic mass is 9.83. The third-order valence-corrected chi connectivity index (χ3v) is 9.35. The van der Waals surface area contributed by atoms with E-state index >= 15 is 0 Å². The molecule has 12 nitrogen and oxygen atoms in total. The fourth-order valence-corrected chi connectivity index (χ4v) is 6.29. The maximum absolute atomic E-state index is 14.9. The summed E-state index contributed by atoms with van der Waals surface area (Å²) in [6, 6.07) is 29.6. The van der Waals surface area contributed by atoms with E-state index in [2.05, 4.69) is 17.5 Å². The Morgan fingerprint density at radius 2 is 1.60 bits per heavy atom. The van der Waals surface area contributed by atoms with Gasteiger partial charge >= 0.3 is 0 Å². The molecule has 0 saturated carbocycles. The second kappa shape index (κ2) is 13.1. The van der Waals surface area contributed by atoms with Gasteiger partial charge in [-0.3, -0.25) is 19.2 Å². The molecular formula is C38H32N8O4. The molecule has 248 valence electrons. The van der Waals surface area contributed by atoms with Gasteiger partial charge in [0.1, 0.15) is 11.6 Å². The number of nitrogens with zero attached hydrogens (tertiary/aromatic N) is 6. The molecule has 1 aliphatic heterocycles. The predicted molar refractivity (Wildman–Crippen MR) is 186 cm³/mol. The number of likely N-dealkylation sites (N-methyl/N-ethyl adjacent to an activating group) is 1. The van der Waals surface area contributed by atoms with Crippen LogP contribution in [0.2, 0.25) is 0 Å². The van der Waals surface area contributed by atoms with Gasteiger partial charge in [-0.15, -0.1) is 0 Å². The minimum Gasteiger partial charge on any atom is -0.368 e. The first-order valence-corrected chi connectivity index (χ1v) is 15.8. The van der Waals surface area contributed by atoms with Crippen LogP contribution < -0.4 is 20.9 Å². The summed E-state index contributed by atoms with van der Waals surface area (Å²) >= 11 is 0. The SMILES string of the molecule is CNC(C)(C(N)=O)[C@@H]1CN(C(=O)c2ccc(C(C)=O)cc2)c2cc(C#N)ccc2N(Cc2nn(-c3ccccc3C#N)c3ccccc23)C1=O. The van der Waals surface area contributed by atoms with Crippen molar-refractivity contribution in [2.45, 2.75) is 25.9 Å². The average molecular weight is 665 g/mol. The number of Topliss-reactive ketones (excluding diaryl/α,β-unsaturated/α-hetero) is 1. The number of amides is 3. The molecule has 0 radical (unpaired) electrons. The molecule has 0 bridgehead atoms. The van der Waals surface area contributed by atoms with Gasteiger partial charge in [0.2, 0.25) is 11.8 Å². The number of primary amides is 1. The monoisotopic (exact) mass is 664 g/mol. The molecule has 3 amide bonds. The number of nitriles is 2. The number of nitrogens with two attached hydrogens (primary N) is 1. The Kier molecular flexibility index (Phi) is 8.73. The molecule has 0 saturated heterocycles. The van der Waals surface area contributed by atoms with Crippen molar-refractivity contribution < 1.29 is 19.2 Å². The van der Waals surface area contributed by atoms with Gasteiger partial charge in [0.25, 0.3) is 5.91 Å². The normalized spacial score (nSPS) is 15.4. The van der Waals surface area contributed by atoms with Crippen molar-refractivity contribution in [1.82, 2.24) is 15.1 Å². The van der Waals surface area contributed by atoms with Gasteiger partial charge in [0, 0.05) is 23.1 Å². The number of fused-ring (bicyclic) bond motifs is 2. The van der Waals surface area contributed by atoms with Crippen LogP contribution in [0.1, 0.15) is 51.4 Å². The van der Waals surface area contributed by atoms with Gasteiger partial charge in [-0.1, -0.05) is 42.5 Å². The van der Waals surface area contributed by atoms with Crippen molar-refractivity contribution >= 4 is 45.8 Å². The summed E-state index contributed by atoms with van der Waals surface area (Å²) in [6.45, 7) is 2.58. The van der Waals surface area contributed by atoms with Gasteiger partial charge in [0.05, 0.1) is 57.9 Å². The van der Waals surface area contributed by atoms with Crippen LogP contribution in [-0.2, 0) is 16.1 Å². The van der Waals surface area contributed by atoms with Gasteiger partial charge in [0.15, 0.2) is 5.78 Å². The van der Waals surface area contributed by atoms with Crippen LogP contribution in [0, 0.1) is 28.6 Å². The third-order valence-electron chi connectivity index (χ3n) is 9.35. The number of para-hydroxylation sites is 2. The minimum absolute atomic E-state index is 0.0929. The van der Waals surface area contributed by atoms with Crippen LogP contribution >= 0.6 is 0 Å². The summed E-state index contributed by atoms with van der Waals surface area (Å²) in [6.07, 6.45) is 0. The van der Waals surface area contributed by atoms with E-state index in [9.17, 15) is 29.7 Å². The number of carbonyl (C=O) groups is 4. The van der Waals surface area contributed by atoms with E-state index in [-0.39, 0.29) is 35.7 Å². The lowest BCUT2D eigenvalue weighted by molar-refractivity contribution is -0.133. The fraction of sp³-hybridized carbons (Fsp3) is 0.184. The van der Waals surface area contributed by atoms with Crippen LogP contribution in [0.4, 0.5) is 11.4 Å². The van der Waals surface area contributed by atoms with Gasteiger partial charge < -0.3 is 20.9 Å². The van der Waals surface area contributed by atoms with E-state index in [1.165, 1.54) is 48.9 Å². The van der Waals surface area contributed by atoms with Crippen molar-refractivity contribution in [3.05, 3.63) is 119 Å². The molecule has 12 heteroatoms. The summed E-state index contributed by atoms with van der Waals surface area (Å²) in [7, 11) is 1.52. The molecule has 4 aromatic carbocycles. The maximum Gasteiger partial charge on any atom is 0.258 e. The number of aromatic nitrogens is 2. The van der Waals surface area contributed by atoms with E-state index in [0.29, 0.717) is 39.1 Å². The standard InChI is InChI=1S/C38H32N8O4/c1-23(47)25-13-15-26(16-14-25)35(48)44-21-29(38(2,42-3)37(41)50)36(49)45(33-17-12-24(19-39)18-34(33)44)22-30-28-9-5-7-11-32(28)46(43-30)31-10-6-4-8-27(31)20-40/h4-18,29,42H,21-22H2,1-3H3,(H2,41,50)/t29-,38?/m1/s1. The Balaban J connectivity index is 1.56. The number of ketones is 1. The van der Waals surface area contributed by atoms with Crippen LogP contribution in [0.5, 0.6) is 0 Å². The number of anilines is 2. The van der Waals surface area contributed by atoms with Crippen LogP contribution in [0.15, 0.2) is 91.0 Å². The van der Waals surface area contributed by atoms with E-state index in [4.69, 9.17) is 10.8 Å². The largest absolute Gasteiger partial charge is 0.368 e. The highest BCUT2D eigenvalue weighted by molar-refractivity contribution is 6.13. The van der Waals surface area contributed by atoms with E-state index in [0.717, 1.165) is 0 Å². The highest BCUT2D eigenvalue weighted by atomic mass is 16.2. The Bertz CT molecular complexity index is 2280. The number of rotatable bonds is 8. The number of hydrogen-bond acceptors (Lipinski definition) is 8. The first-order valence-electron chi connectivity index (χ1n) is 15.8. The van der Waals surface area contributed by atoms with Crippen LogP contribution in [0.25, 0.3) is 16.6 Å². The van der Waals surface area contributed by atoms with Crippen molar-refractivity contribution in [2.75, 3.05) is 23.4 Å². The molecule has 0 spiro atoms. The maximum atomic E-state index is 14.9. The van der Waals surface area contributed by atoms with Gasteiger partial charge in [-0.25, -0.2) is 4.68 Å². The van der Waals surface area contributed by atoms with Crippen molar-refractivity contribution in [3.63, 3.8) is 0 Å². The Labute approximate surface area is 287 Å². The van der Waals surface area contributed by atoms with E-state index in [1.54, 1.807) is 53.2 Å². The zero-order chi connectivity index (χ0) is 35.7. The molecule has 3 N–H and O–H groups in total. The molecule has 2 atom stereocenters. The third kappa shape index (κ3) is 5.64. The Hall–Kier alpha value is -6.63. The molecule has 5 aromatic rings. The highest BCUT2D eigenvalue weighted by Gasteiger charge is 2.49. The number of carbonyl (C=O) groups excluding carboxylic acids is 4. The van der Waals surface area contributed by atoms with E-state index < -0.39 is 29.2 Å². The Morgan fingerprint density at radius 1 is 0.920 bits per heavy atom. The van der Waals surface area contributed by atoms with E-state index in [1.807, 2.05) is 24.3 Å². The first-order chi connectivity index (χ1) is 24.0. The van der Waals surface area contributed by atoms with Crippen molar-refractivity contribution in [1.29, 1.82) is 10.5 Å². The molecule has 50 heavy (non-hydrogen) atoms. The summed E-state index contributed by atoms with van der Waals surface area (Å²) in [5.74, 6) is -3.19. The summed E-state index contributed by atoms with van der Waals surface area (Å²) in [5.41, 5.74) is 7.94. The second-order valence-electron chi connectivity index (χ2n) is 12.2. The zero-order valence-corrected chi connectivity index (χ0v) is 27.5. The first kappa shape index (κ1) is 33.3. The molecular weight excluding hydrogens is 632 g/mol. The molecule has 0 aliphatic carbocycles. The molecule has 6 rings (SSSR count). The van der Waals surface area contributed by atoms with Crippen molar-refractivity contribution in [3.8, 4) is 17.8 Å². The topological polar surface area (TPSA) is 178 Å². The second-order valence-corrected chi connectivity index (χ2v) is 12.2. The minimum atomic E-state index is -1.61. The lowest BCUT2D eigenvalue weighted by Gasteiger charge is -2.36. The van der Waals surface area contributed by atoms with Crippen LogP contribution in [0.3, 0.4) is 0 Å². The summed E-state index contributed by atoms with van der Waals surface area (Å²) < 4.78 is 1.66. The predicted octanol–water partition coefficient (Wildman–Crippen LogP) is 4.24. The fourth-order valence-electron chi connectivity index (χ4n) is 6.29. The molecule has 1 unspecified atom stereocenters. The molecule has 0 fully saturated rings. The smallest absolute Gasteiger partial charge is 0.258 e. The molecule has 1 aliphatic rings. The van der Waals surface area contributed by atoms with Crippen LogP contribution in [-0.4, -0.2) is 52.4 Å². The summed E-state index contributed by atoms with van der Waals surface area (Å²) in [5, 5.41) is 28.3. The lowest BCUT2D eigenvalue weighted by Crippen LogP contribution is -2.63. The molecule has 1 aromatic heterocycles. The Morgan fingerprint density at radius 3 is 2.26 bits per heavy atom. The van der Waals surface area contributed by atoms with Gasteiger partial charge in [-0.05, 0) is 69.4 Å². The number of nitrogens with one attached hydrogen (secondary N) is 1. The molecule has 2 heterocycles. The quantitative estimate of drug-likeness (QED) is 0.231. The summed E-state index contributed by atoms with van der Waals surface area (Å²) in [4.78, 5) is 57.0. The van der Waals surface area contributed by atoms with Gasteiger partial charge in [-0.2, -0.15) is 15.6 Å². The van der Waals surface area contributed by atoms with Crippen molar-refractivity contribution in [2.24, 2.45) is 11.7 Å².